The van der Waals surface area contributed by atoms with E-state index in [1.54, 1.807) is 10.9 Å². The molecule has 0 amide bonds. The normalized spacial score (nSPS) is 14.9. The van der Waals surface area contributed by atoms with E-state index in [0.29, 0.717) is 17.9 Å². The molecule has 0 saturated heterocycles. The fourth-order valence-electron chi connectivity index (χ4n) is 4.42. The molecule has 31 heavy (non-hydrogen) atoms. The van der Waals surface area contributed by atoms with E-state index in [2.05, 4.69) is 14.9 Å². The number of ketones is 1. The lowest BCUT2D eigenvalue weighted by Crippen LogP contribution is -2.24. The smallest absolute Gasteiger partial charge is 0.203 e. The van der Waals surface area contributed by atoms with Crippen LogP contribution >= 0.6 is 0 Å². The van der Waals surface area contributed by atoms with Crippen LogP contribution in [0.1, 0.15) is 27.9 Å². The molecule has 0 saturated carbocycles. The minimum absolute atomic E-state index is 0.00450. The summed E-state index contributed by atoms with van der Waals surface area (Å²) in [7, 11) is 1.87. The number of benzene rings is 2. The van der Waals surface area contributed by atoms with E-state index in [0.717, 1.165) is 57.8 Å². The van der Waals surface area contributed by atoms with Crippen LogP contribution in [0, 0.1) is 6.57 Å². The monoisotopic (exact) mass is 411 g/mol. The first-order valence-corrected chi connectivity index (χ1v) is 10.2. The van der Waals surface area contributed by atoms with Crippen molar-refractivity contribution in [2.24, 2.45) is 17.8 Å². The fourth-order valence-corrected chi connectivity index (χ4v) is 4.42. The van der Waals surface area contributed by atoms with Gasteiger partial charge in [-0.15, -0.1) is 0 Å². The third kappa shape index (κ3) is 3.04. The summed E-state index contributed by atoms with van der Waals surface area (Å²) >= 11 is 0. The van der Waals surface area contributed by atoms with Crippen LogP contribution in [0.5, 0.6) is 5.75 Å². The average molecular weight is 411 g/mol. The number of hydrogen-bond acceptors (Lipinski definition) is 5. The minimum Gasteiger partial charge on any atom is -0.495 e. The molecule has 7 nitrogen and oxygen atoms in total. The Bertz CT molecular complexity index is 1300. The van der Waals surface area contributed by atoms with Crippen molar-refractivity contribution in [3.8, 4) is 28.1 Å². The standard InChI is InChI=1S/C24H21N5O2/c1-26-23-16-4-3-9-31-22(16)8-7-17(23)24-19(12-28-29(24)2)14-5-6-15-18(10-14)20(11-25)27-13-21(15)30/h5-8,10,12H,3-4,9,11,13,25H2,2H3. The average Bonchev–Trinajstić information content (AvgIpc) is 3.19. The van der Waals surface area contributed by atoms with Crippen LogP contribution in [0.15, 0.2) is 41.5 Å². The topological polar surface area (TPSA) is 86.9 Å². The highest BCUT2D eigenvalue weighted by Gasteiger charge is 2.25. The zero-order valence-electron chi connectivity index (χ0n) is 17.2. The van der Waals surface area contributed by atoms with E-state index in [1.165, 1.54) is 0 Å². The molecule has 2 aliphatic heterocycles. The van der Waals surface area contributed by atoms with Gasteiger partial charge in [0.05, 0.1) is 30.8 Å². The SMILES string of the molecule is [C-]#[N+]c1c(-c2c(-c3ccc4c(c3)C(CN)=NCC4=O)cnn2C)ccc2c1CCCO2. The molecule has 2 aliphatic rings. The summed E-state index contributed by atoms with van der Waals surface area (Å²) in [6.07, 6.45) is 3.52. The Labute approximate surface area is 180 Å². The van der Waals surface area contributed by atoms with Crippen LogP contribution in [0.3, 0.4) is 0 Å². The van der Waals surface area contributed by atoms with E-state index < -0.39 is 0 Å². The second-order valence-electron chi connectivity index (χ2n) is 7.68. The summed E-state index contributed by atoms with van der Waals surface area (Å²) in [6.45, 7) is 8.94. The number of aryl methyl sites for hydroxylation is 1. The van der Waals surface area contributed by atoms with Crippen LogP contribution in [-0.4, -0.2) is 41.0 Å². The van der Waals surface area contributed by atoms with Crippen molar-refractivity contribution in [2.75, 3.05) is 19.7 Å². The zero-order chi connectivity index (χ0) is 21.5. The second-order valence-corrected chi connectivity index (χ2v) is 7.68. The van der Waals surface area contributed by atoms with Gasteiger partial charge in [0.1, 0.15) is 12.3 Å². The maximum Gasteiger partial charge on any atom is 0.203 e. The molecule has 154 valence electrons. The van der Waals surface area contributed by atoms with Gasteiger partial charge in [0.25, 0.3) is 0 Å². The molecule has 5 rings (SSSR count). The number of ether oxygens (including phenoxy) is 1. The van der Waals surface area contributed by atoms with Crippen molar-refractivity contribution in [1.82, 2.24) is 9.78 Å². The van der Waals surface area contributed by atoms with Gasteiger partial charge in [-0.25, -0.2) is 4.85 Å². The Morgan fingerprint density at radius 2 is 2.03 bits per heavy atom. The maximum atomic E-state index is 12.3. The highest BCUT2D eigenvalue weighted by molar-refractivity contribution is 6.16. The number of aromatic nitrogens is 2. The van der Waals surface area contributed by atoms with Crippen LogP contribution in [0.4, 0.5) is 5.69 Å². The summed E-state index contributed by atoms with van der Waals surface area (Å²) in [6, 6.07) is 9.60. The molecule has 0 fully saturated rings. The number of nitrogens with two attached hydrogens (primary N) is 1. The Balaban J connectivity index is 1.69. The molecule has 2 aromatic carbocycles. The summed E-state index contributed by atoms with van der Waals surface area (Å²) in [4.78, 5) is 20.5. The minimum atomic E-state index is -0.00450. The van der Waals surface area contributed by atoms with Crippen molar-refractivity contribution < 1.29 is 9.53 Å². The number of aliphatic imine (C=N–C) groups is 1. The number of rotatable bonds is 3. The van der Waals surface area contributed by atoms with Gasteiger partial charge in [-0.3, -0.25) is 14.5 Å². The Kier molecular flexibility index (Phi) is 4.64. The predicted molar refractivity (Wildman–Crippen MR) is 119 cm³/mol. The number of nitrogens with zero attached hydrogens (tertiary/aromatic N) is 4. The zero-order valence-corrected chi connectivity index (χ0v) is 17.2. The number of Topliss-reactive ketones (excluding diaryl/α,β-unsaturated/α-hetero) is 1. The second kappa shape index (κ2) is 7.49. The van der Waals surface area contributed by atoms with Crippen molar-refractivity contribution in [3.05, 3.63) is 64.6 Å². The highest BCUT2D eigenvalue weighted by Crippen LogP contribution is 2.44. The molecule has 0 unspecified atom stereocenters. The van der Waals surface area contributed by atoms with Gasteiger partial charge >= 0.3 is 0 Å². The lowest BCUT2D eigenvalue weighted by atomic mass is 9.91. The molecule has 0 radical (unpaired) electrons. The van der Waals surface area contributed by atoms with Crippen molar-refractivity contribution >= 4 is 17.2 Å². The first-order valence-electron chi connectivity index (χ1n) is 10.2. The molecule has 0 spiro atoms. The molecular weight excluding hydrogens is 390 g/mol. The molecule has 3 heterocycles. The van der Waals surface area contributed by atoms with Crippen molar-refractivity contribution in [2.45, 2.75) is 12.8 Å². The summed E-state index contributed by atoms with van der Waals surface area (Å²) in [5, 5.41) is 4.48. The number of carbonyl (C=O) groups excluding carboxylic acids is 1. The van der Waals surface area contributed by atoms with Crippen molar-refractivity contribution in [3.63, 3.8) is 0 Å². The molecule has 7 heteroatoms. The molecule has 3 aromatic rings. The number of carbonyl (C=O) groups is 1. The first-order chi connectivity index (χ1) is 15.1. The van der Waals surface area contributed by atoms with E-state index in [9.17, 15) is 4.79 Å². The molecule has 2 N–H and O–H groups in total. The molecule has 0 aliphatic carbocycles. The largest absolute Gasteiger partial charge is 0.495 e. The first kappa shape index (κ1) is 19.2. The lowest BCUT2D eigenvalue weighted by Gasteiger charge is -2.21. The van der Waals surface area contributed by atoms with Gasteiger partial charge in [-0.1, -0.05) is 18.2 Å². The van der Waals surface area contributed by atoms with Gasteiger partial charge in [0.15, 0.2) is 5.78 Å². The maximum absolute atomic E-state index is 12.3. The van der Waals surface area contributed by atoms with Gasteiger partial charge < -0.3 is 10.5 Å². The Hall–Kier alpha value is -3.76. The quantitative estimate of drug-likeness (QED) is 0.668. The molecule has 0 atom stereocenters. The molecule has 1 aromatic heterocycles. The highest BCUT2D eigenvalue weighted by atomic mass is 16.5. The van der Waals surface area contributed by atoms with Gasteiger partial charge in [0, 0.05) is 41.4 Å². The van der Waals surface area contributed by atoms with E-state index in [-0.39, 0.29) is 18.9 Å². The summed E-state index contributed by atoms with van der Waals surface area (Å²) in [5.41, 5.74) is 13.1. The number of hydrogen-bond donors (Lipinski definition) is 1. The van der Waals surface area contributed by atoms with Gasteiger partial charge in [0.2, 0.25) is 5.69 Å². The van der Waals surface area contributed by atoms with E-state index in [1.807, 2.05) is 37.4 Å². The van der Waals surface area contributed by atoms with Crippen LogP contribution in [0.25, 0.3) is 27.2 Å². The van der Waals surface area contributed by atoms with Gasteiger partial charge in [-0.05, 0) is 30.5 Å². The Morgan fingerprint density at radius 1 is 1.19 bits per heavy atom. The summed E-state index contributed by atoms with van der Waals surface area (Å²) in [5.74, 6) is 0.788. The molecule has 0 bridgehead atoms. The third-order valence-corrected chi connectivity index (χ3v) is 5.92. The number of fused-ring (bicyclic) bond motifs is 2. The van der Waals surface area contributed by atoms with Crippen LogP contribution in [-0.2, 0) is 13.5 Å². The van der Waals surface area contributed by atoms with Crippen molar-refractivity contribution in [1.29, 1.82) is 0 Å². The van der Waals surface area contributed by atoms with Crippen LogP contribution < -0.4 is 10.5 Å². The van der Waals surface area contributed by atoms with E-state index >= 15 is 0 Å². The van der Waals surface area contributed by atoms with Gasteiger partial charge in [-0.2, -0.15) is 5.10 Å². The fraction of sp³-hybridized carbons (Fsp3) is 0.250. The lowest BCUT2D eigenvalue weighted by molar-refractivity contribution is 0.1000. The van der Waals surface area contributed by atoms with E-state index in [4.69, 9.17) is 17.0 Å². The van der Waals surface area contributed by atoms with Crippen LogP contribution in [0.2, 0.25) is 0 Å². The summed E-state index contributed by atoms with van der Waals surface area (Å²) < 4.78 is 7.55. The third-order valence-electron chi connectivity index (χ3n) is 5.92. The predicted octanol–water partition coefficient (Wildman–Crippen LogP) is 3.57. The Morgan fingerprint density at radius 3 is 2.84 bits per heavy atom. The molecular formula is C24H21N5O2.